The molecule has 2 aliphatic rings. The molecule has 2 aromatic rings. The summed E-state index contributed by atoms with van der Waals surface area (Å²) in [6.45, 7) is 5.36. The molecule has 3 heterocycles. The number of hydrogen-bond acceptors (Lipinski definition) is 6. The third-order valence-electron chi connectivity index (χ3n) is 7.55. The van der Waals surface area contributed by atoms with Gasteiger partial charge in [-0.15, -0.1) is 0 Å². The van der Waals surface area contributed by atoms with E-state index in [1.807, 2.05) is 48.8 Å². The molecule has 0 spiro atoms. The van der Waals surface area contributed by atoms with Crippen molar-refractivity contribution >= 4 is 41.3 Å². The second kappa shape index (κ2) is 8.68. The summed E-state index contributed by atoms with van der Waals surface area (Å²) in [4.78, 5) is 22.7. The summed E-state index contributed by atoms with van der Waals surface area (Å²) in [5, 5.41) is 18.6. The first kappa shape index (κ1) is 25.3. The molecule has 11 heteroatoms. The molecule has 10 N–H and O–H groups in total. The Balaban J connectivity index is 2.11. The third kappa shape index (κ3) is 3.71. The third-order valence-corrected chi connectivity index (χ3v) is 7.55. The Morgan fingerprint density at radius 1 is 1.03 bits per heavy atom. The molecule has 10 nitrogen and oxygen atoms in total. The van der Waals surface area contributed by atoms with Crippen molar-refractivity contribution in [3.05, 3.63) is 63.1 Å². The van der Waals surface area contributed by atoms with Gasteiger partial charge in [-0.1, -0.05) is 6.07 Å². The predicted molar refractivity (Wildman–Crippen MR) is 139 cm³/mol. The van der Waals surface area contributed by atoms with Crippen molar-refractivity contribution in [3.63, 3.8) is 0 Å². The van der Waals surface area contributed by atoms with Crippen LogP contribution in [0.2, 0.25) is 0 Å². The molecule has 1 aromatic carbocycles. The summed E-state index contributed by atoms with van der Waals surface area (Å²) in [7, 11) is 0. The maximum absolute atomic E-state index is 11.4. The Morgan fingerprint density at radius 3 is 2.22 bits per heavy atom. The number of carboxylic acids is 2. The highest BCUT2D eigenvalue weighted by Gasteiger charge is 2.56. The minimum absolute atomic E-state index is 0.0197. The van der Waals surface area contributed by atoms with E-state index in [1.54, 1.807) is 6.07 Å². The largest absolute Gasteiger partial charge is 0.701 e. The summed E-state index contributed by atoms with van der Waals surface area (Å²) >= 11 is 0. The number of aliphatic carboxylic acids is 2. The molecule has 1 radical (unpaired) electrons. The van der Waals surface area contributed by atoms with Crippen LogP contribution < -0.4 is 22.8 Å². The Labute approximate surface area is 209 Å². The Bertz CT molecular complexity index is 1430. The number of nitrogens with zero attached hydrogens (tertiary/aromatic N) is 2. The number of aromatic nitrogens is 1. The van der Waals surface area contributed by atoms with E-state index < -0.39 is 18.6 Å². The molecule has 0 unspecified atom stereocenters. The first-order chi connectivity index (χ1) is 16.8. The second-order valence-corrected chi connectivity index (χ2v) is 9.73. The first-order valence-corrected chi connectivity index (χ1v) is 11.9. The van der Waals surface area contributed by atoms with Gasteiger partial charge in [0.05, 0.1) is 16.9 Å². The van der Waals surface area contributed by atoms with Crippen LogP contribution in [0.3, 0.4) is 0 Å². The maximum atomic E-state index is 11.4. The fourth-order valence-electron chi connectivity index (χ4n) is 5.90. The van der Waals surface area contributed by atoms with Crippen molar-refractivity contribution in [2.24, 2.45) is 5.64 Å². The van der Waals surface area contributed by atoms with Gasteiger partial charge < -0.3 is 41.9 Å². The van der Waals surface area contributed by atoms with Crippen molar-refractivity contribution in [1.29, 1.82) is 0 Å². The molecular weight excluding hydrogens is 459 g/mol. The molecule has 0 atom stereocenters. The van der Waals surface area contributed by atoms with Crippen molar-refractivity contribution < 1.29 is 29.9 Å². The van der Waals surface area contributed by atoms with E-state index >= 15 is 0 Å². The zero-order chi connectivity index (χ0) is 26.7. The van der Waals surface area contributed by atoms with Crippen LogP contribution in [0.25, 0.3) is 5.57 Å². The number of carboxylic acid groups (broad SMARTS) is 2. The average Bonchev–Trinajstić information content (AvgIpc) is 3.18. The summed E-state index contributed by atoms with van der Waals surface area (Å²) < 4.78 is 3.82. The summed E-state index contributed by atoms with van der Waals surface area (Å²) in [6.07, 6.45) is 0.641. The van der Waals surface area contributed by atoms with Gasteiger partial charge >= 0.3 is 18.6 Å². The molecule has 1 aromatic heterocycles. The van der Waals surface area contributed by atoms with Crippen LogP contribution in [0.5, 0.6) is 0 Å². The lowest BCUT2D eigenvalue weighted by Crippen LogP contribution is -2.93. The lowest BCUT2D eigenvalue weighted by Gasteiger charge is -2.33. The molecule has 2 aliphatic heterocycles. The molecule has 0 bridgehead atoms. The van der Waals surface area contributed by atoms with Gasteiger partial charge in [0.2, 0.25) is 0 Å². The highest BCUT2D eigenvalue weighted by Crippen LogP contribution is 2.45. The summed E-state index contributed by atoms with van der Waals surface area (Å²) in [5.41, 5.74) is 35.5. The van der Waals surface area contributed by atoms with E-state index in [0.29, 0.717) is 24.2 Å². The fourth-order valence-corrected chi connectivity index (χ4v) is 5.90. The van der Waals surface area contributed by atoms with E-state index in [-0.39, 0.29) is 12.8 Å². The number of fused-ring (bicyclic) bond motifs is 2. The second-order valence-electron chi connectivity index (χ2n) is 9.73. The zero-order valence-electron chi connectivity index (χ0n) is 21.1. The van der Waals surface area contributed by atoms with Gasteiger partial charge in [-0.3, -0.25) is 9.59 Å². The zero-order valence-corrected chi connectivity index (χ0v) is 21.1. The van der Waals surface area contributed by atoms with Crippen LogP contribution in [0.4, 0.5) is 11.4 Å². The van der Waals surface area contributed by atoms with Crippen LogP contribution in [-0.2, 0) is 16.0 Å². The smallest absolute Gasteiger partial charge is 0.481 e. The lowest BCUT2D eigenvalue weighted by molar-refractivity contribution is -0.442. The monoisotopic (exact) mass is 492 g/mol. The van der Waals surface area contributed by atoms with Crippen LogP contribution in [0.15, 0.2) is 35.0 Å². The van der Waals surface area contributed by atoms with Gasteiger partial charge in [0.25, 0.3) is 0 Å². The molecule has 36 heavy (non-hydrogen) atoms. The van der Waals surface area contributed by atoms with E-state index in [9.17, 15) is 19.8 Å². The van der Waals surface area contributed by atoms with Crippen molar-refractivity contribution in [1.82, 2.24) is 4.48 Å². The molecule has 0 saturated carbocycles. The predicted octanol–water partition coefficient (Wildman–Crippen LogP) is 0.998. The number of allylic oxidation sites excluding steroid dienone is 2. The number of hydrogen-bond donors (Lipinski definition) is 6. The van der Waals surface area contributed by atoms with Crippen molar-refractivity contribution in [2.45, 2.75) is 53.4 Å². The van der Waals surface area contributed by atoms with Gasteiger partial charge in [0.1, 0.15) is 5.71 Å². The Morgan fingerprint density at radius 2 is 1.64 bits per heavy atom. The first-order valence-electron chi connectivity index (χ1n) is 11.9. The quantitative estimate of drug-likeness (QED) is 0.246. The van der Waals surface area contributed by atoms with E-state index in [0.717, 1.165) is 56.2 Å². The molecule has 4 rings (SSSR count). The number of benzene rings is 1. The molecular formula is C25H33BN6O4+. The highest BCUT2D eigenvalue weighted by molar-refractivity contribution is 6.60. The minimum atomic E-state index is -2.36. The number of carbonyl (C=O) groups is 2. The minimum Gasteiger partial charge on any atom is -0.481 e. The summed E-state index contributed by atoms with van der Waals surface area (Å²) in [6, 6.07) is 5.45. The normalized spacial score (nSPS) is 19.2. The van der Waals surface area contributed by atoms with E-state index in [1.165, 1.54) is 0 Å². The van der Waals surface area contributed by atoms with Crippen molar-refractivity contribution in [3.8, 4) is 0 Å². The fraction of sp³-hybridized carbons (Fsp3) is 0.320. The topological polar surface area (TPSA) is 186 Å². The van der Waals surface area contributed by atoms with Crippen molar-refractivity contribution in [2.75, 3.05) is 11.5 Å². The van der Waals surface area contributed by atoms with Gasteiger partial charge in [-0.25, -0.2) is 0 Å². The average molecular weight is 492 g/mol. The molecule has 0 amide bonds. The van der Waals surface area contributed by atoms with Gasteiger partial charge in [-0.2, -0.15) is 0 Å². The number of anilines is 2. The van der Waals surface area contributed by atoms with Crippen LogP contribution in [0, 0.1) is 13.8 Å². The molecule has 0 aliphatic carbocycles. The molecule has 0 saturated heterocycles. The van der Waals surface area contributed by atoms with Gasteiger partial charge in [0, 0.05) is 36.6 Å². The maximum Gasteiger partial charge on any atom is 0.701 e. The van der Waals surface area contributed by atoms with E-state index in [2.05, 4.69) is 0 Å². The van der Waals surface area contributed by atoms with Crippen LogP contribution in [0.1, 0.15) is 61.2 Å². The number of rotatable bonds is 7. The molecule has 189 valence electrons. The van der Waals surface area contributed by atoms with Crippen LogP contribution in [-0.4, -0.2) is 43.5 Å². The number of nitrogens with two attached hydrogens (primary N) is 4. The highest BCUT2D eigenvalue weighted by atomic mass is 16.4. The van der Waals surface area contributed by atoms with E-state index in [4.69, 9.17) is 22.8 Å². The SMILES string of the molecule is CC1=C(CCC(=O)O)C(C)=[N+]2C1=C(c1ccc(N)c(N)c1)c1c(C)c(CCC(=O)O)c(C)n1[B-]2(N)[NH2+]. The lowest BCUT2D eigenvalue weighted by atomic mass is 9.71. The van der Waals surface area contributed by atoms with Crippen LogP contribution >= 0.6 is 0 Å². The Hall–Kier alpha value is -3.83. The van der Waals surface area contributed by atoms with Gasteiger partial charge in [0.15, 0.2) is 5.70 Å². The molecule has 0 fully saturated rings. The number of nitrogen functional groups attached to an aromatic ring is 2. The summed E-state index contributed by atoms with van der Waals surface area (Å²) in [5.74, 6) is -1.77. The standard InChI is InChI=1S/C25H33BN6O4/c1-12-17(6-9-21(33)34)14(3)31-24(12)23(16-5-8-19(27)20(28)11-16)25-13(2)18(7-10-22(35)36)15(4)32(25)26(31,29)30/h5,8,11H,6-7,9-10,27-30H2,1-4H3,(H,33,34)(H,35,36)/q+1. The Kier molecular flexibility index (Phi) is 6.10. The van der Waals surface area contributed by atoms with Gasteiger partial charge in [-0.05, 0) is 68.1 Å².